The average Bonchev–Trinajstić information content (AvgIpc) is 2.67. The smallest absolute Gasteiger partial charge is 0.118 e. The van der Waals surface area contributed by atoms with Crippen molar-refractivity contribution in [2.24, 2.45) is 0 Å². The molecule has 0 saturated carbocycles. The number of hydrogen-bond donors (Lipinski definition) is 2. The molecule has 2 atom stereocenters. The van der Waals surface area contributed by atoms with Crippen LogP contribution in [-0.2, 0) is 12.8 Å². The fraction of sp³-hybridized carbons (Fsp3) is 0.308. The van der Waals surface area contributed by atoms with Crippen LogP contribution in [0.3, 0.4) is 0 Å². The van der Waals surface area contributed by atoms with Gasteiger partial charge in [0.1, 0.15) is 11.5 Å². The van der Waals surface area contributed by atoms with Crippen LogP contribution in [0.1, 0.15) is 59.1 Å². The van der Waals surface area contributed by atoms with E-state index in [1.54, 1.807) is 12.1 Å². The van der Waals surface area contributed by atoms with Crippen molar-refractivity contribution in [3.8, 4) is 11.5 Å². The van der Waals surface area contributed by atoms with Crippen molar-refractivity contribution in [1.82, 2.24) is 0 Å². The summed E-state index contributed by atoms with van der Waals surface area (Å²) in [4.78, 5) is 0. The van der Waals surface area contributed by atoms with E-state index >= 15 is 0 Å². The Balaban J connectivity index is 1.78. The number of hydrogen-bond acceptors (Lipinski definition) is 2. The van der Waals surface area contributed by atoms with Crippen molar-refractivity contribution in [3.05, 3.63) is 94.0 Å². The number of phenols is 2. The summed E-state index contributed by atoms with van der Waals surface area (Å²) in [7, 11) is 0. The van der Waals surface area contributed by atoms with Gasteiger partial charge in [-0.3, -0.25) is 0 Å². The van der Waals surface area contributed by atoms with E-state index in [0.29, 0.717) is 23.3 Å². The van der Waals surface area contributed by atoms with Gasteiger partial charge in [0.15, 0.2) is 0 Å². The van der Waals surface area contributed by atoms with Crippen LogP contribution in [0.2, 0.25) is 0 Å². The number of benzene rings is 3. The first-order chi connectivity index (χ1) is 13.3. The molecule has 2 nitrogen and oxygen atoms in total. The van der Waals surface area contributed by atoms with Gasteiger partial charge in [-0.05, 0) is 84.0 Å². The molecule has 0 heterocycles. The van der Waals surface area contributed by atoms with Gasteiger partial charge < -0.3 is 10.2 Å². The first kappa shape index (κ1) is 20.0. The zero-order valence-corrected chi connectivity index (χ0v) is 17.2. The highest BCUT2D eigenvalue weighted by molar-refractivity contribution is 5.39. The molecule has 3 rings (SSSR count). The molecule has 2 heteroatoms. The summed E-state index contributed by atoms with van der Waals surface area (Å²) in [5.74, 6) is 1.47. The van der Waals surface area contributed by atoms with E-state index in [0.717, 1.165) is 24.0 Å². The van der Waals surface area contributed by atoms with Crippen molar-refractivity contribution < 1.29 is 10.2 Å². The third kappa shape index (κ3) is 4.56. The van der Waals surface area contributed by atoms with Crippen molar-refractivity contribution in [2.75, 3.05) is 0 Å². The van der Waals surface area contributed by atoms with Crippen LogP contribution in [0, 0.1) is 13.8 Å². The predicted octanol–water partition coefficient (Wildman–Crippen LogP) is 6.41. The zero-order valence-electron chi connectivity index (χ0n) is 17.2. The molecular formula is C26H30O2. The molecule has 0 saturated heterocycles. The molecule has 0 aliphatic carbocycles. The van der Waals surface area contributed by atoms with E-state index in [-0.39, 0.29) is 0 Å². The minimum atomic E-state index is 0.356. The van der Waals surface area contributed by atoms with Gasteiger partial charge in [0.2, 0.25) is 0 Å². The number of aryl methyl sites for hydroxylation is 2. The Morgan fingerprint density at radius 3 is 1.39 bits per heavy atom. The van der Waals surface area contributed by atoms with Crippen molar-refractivity contribution in [2.45, 2.75) is 52.4 Å². The van der Waals surface area contributed by atoms with Crippen LogP contribution in [0.4, 0.5) is 0 Å². The predicted molar refractivity (Wildman–Crippen MR) is 116 cm³/mol. The standard InChI is InChI=1S/C26H30O2/c1-17(21-9-11-25(27)19(3)15-21)13-23-7-5-6-8-24(23)14-18(2)22-10-12-26(28)20(4)16-22/h5-12,15-18,27-28H,13-14H2,1-4H3. The monoisotopic (exact) mass is 374 g/mol. The Bertz CT molecular complexity index is 880. The van der Waals surface area contributed by atoms with E-state index in [4.69, 9.17) is 0 Å². The quantitative estimate of drug-likeness (QED) is 0.523. The maximum atomic E-state index is 9.79. The lowest BCUT2D eigenvalue weighted by Crippen LogP contribution is -2.05. The first-order valence-electron chi connectivity index (χ1n) is 10.0. The third-order valence-electron chi connectivity index (χ3n) is 5.75. The molecule has 0 radical (unpaired) electrons. The van der Waals surface area contributed by atoms with Crippen LogP contribution in [0.15, 0.2) is 60.7 Å². The van der Waals surface area contributed by atoms with Gasteiger partial charge in [0.05, 0.1) is 0 Å². The fourth-order valence-corrected chi connectivity index (χ4v) is 3.82. The molecule has 28 heavy (non-hydrogen) atoms. The highest BCUT2D eigenvalue weighted by atomic mass is 16.3. The second-order valence-corrected chi connectivity index (χ2v) is 8.07. The van der Waals surface area contributed by atoms with Crippen LogP contribution >= 0.6 is 0 Å². The Kier molecular flexibility index (Phi) is 6.08. The number of phenolic OH excluding ortho intramolecular Hbond substituents is 2. The third-order valence-corrected chi connectivity index (χ3v) is 5.75. The van der Waals surface area contributed by atoms with Gasteiger partial charge in [0, 0.05) is 0 Å². The maximum absolute atomic E-state index is 9.79. The largest absolute Gasteiger partial charge is 0.508 e. The molecule has 0 aromatic heterocycles. The van der Waals surface area contributed by atoms with E-state index in [2.05, 4.69) is 50.2 Å². The van der Waals surface area contributed by atoms with Crippen molar-refractivity contribution >= 4 is 0 Å². The van der Waals surface area contributed by atoms with Gasteiger partial charge in [-0.2, -0.15) is 0 Å². The molecule has 0 aliphatic heterocycles. The van der Waals surface area contributed by atoms with E-state index in [1.807, 2.05) is 26.0 Å². The van der Waals surface area contributed by atoms with Gasteiger partial charge >= 0.3 is 0 Å². The minimum Gasteiger partial charge on any atom is -0.508 e. The summed E-state index contributed by atoms with van der Waals surface area (Å²) in [6.07, 6.45) is 1.95. The summed E-state index contributed by atoms with van der Waals surface area (Å²) >= 11 is 0. The zero-order chi connectivity index (χ0) is 20.3. The lowest BCUT2D eigenvalue weighted by atomic mass is 9.86. The van der Waals surface area contributed by atoms with Crippen LogP contribution in [-0.4, -0.2) is 10.2 Å². The lowest BCUT2D eigenvalue weighted by molar-refractivity contribution is 0.470. The highest BCUT2D eigenvalue weighted by Gasteiger charge is 2.14. The molecular weight excluding hydrogens is 344 g/mol. The number of rotatable bonds is 6. The van der Waals surface area contributed by atoms with Gasteiger partial charge in [-0.15, -0.1) is 0 Å². The molecule has 3 aromatic rings. The Morgan fingerprint density at radius 2 is 1.04 bits per heavy atom. The topological polar surface area (TPSA) is 40.5 Å². The molecule has 2 N–H and O–H groups in total. The normalized spacial score (nSPS) is 13.3. The highest BCUT2D eigenvalue weighted by Crippen LogP contribution is 2.29. The maximum Gasteiger partial charge on any atom is 0.118 e. The molecule has 0 amide bonds. The van der Waals surface area contributed by atoms with E-state index in [1.165, 1.54) is 22.3 Å². The second kappa shape index (κ2) is 8.52. The van der Waals surface area contributed by atoms with Crippen LogP contribution in [0.25, 0.3) is 0 Å². The van der Waals surface area contributed by atoms with Gasteiger partial charge in [-0.1, -0.05) is 62.4 Å². The molecule has 0 aliphatic rings. The first-order valence-corrected chi connectivity index (χ1v) is 10.0. The molecule has 0 bridgehead atoms. The summed E-state index contributed by atoms with van der Waals surface area (Å²) in [5, 5.41) is 19.6. The van der Waals surface area contributed by atoms with Crippen molar-refractivity contribution in [3.63, 3.8) is 0 Å². The molecule has 2 unspecified atom stereocenters. The Labute approximate surface area is 168 Å². The summed E-state index contributed by atoms with van der Waals surface area (Å²) in [5.41, 5.74) is 7.12. The SMILES string of the molecule is Cc1cc(C(C)Cc2ccccc2CC(C)c2ccc(O)c(C)c2)ccc1O. The average molecular weight is 375 g/mol. The Morgan fingerprint density at radius 1 is 0.643 bits per heavy atom. The fourth-order valence-electron chi connectivity index (χ4n) is 3.82. The molecule has 0 spiro atoms. The van der Waals surface area contributed by atoms with E-state index < -0.39 is 0 Å². The lowest BCUT2D eigenvalue weighted by Gasteiger charge is -2.19. The molecule has 146 valence electrons. The summed E-state index contributed by atoms with van der Waals surface area (Å²) in [6.45, 7) is 8.38. The van der Waals surface area contributed by atoms with Crippen molar-refractivity contribution in [1.29, 1.82) is 0 Å². The van der Waals surface area contributed by atoms with E-state index in [9.17, 15) is 10.2 Å². The van der Waals surface area contributed by atoms with Gasteiger partial charge in [-0.25, -0.2) is 0 Å². The Hall–Kier alpha value is -2.74. The van der Waals surface area contributed by atoms with Gasteiger partial charge in [0.25, 0.3) is 0 Å². The van der Waals surface area contributed by atoms with Crippen LogP contribution in [0.5, 0.6) is 11.5 Å². The minimum absolute atomic E-state index is 0.356. The number of aromatic hydroxyl groups is 2. The second-order valence-electron chi connectivity index (χ2n) is 8.07. The summed E-state index contributed by atoms with van der Waals surface area (Å²) < 4.78 is 0. The summed E-state index contributed by atoms with van der Waals surface area (Å²) in [6, 6.07) is 20.5. The van der Waals surface area contributed by atoms with Crippen LogP contribution < -0.4 is 0 Å². The molecule has 0 fully saturated rings. The molecule has 3 aromatic carbocycles.